The Hall–Kier alpha value is -0.640. The van der Waals surface area contributed by atoms with E-state index in [-0.39, 0.29) is 0 Å². The first-order valence-electron chi connectivity index (χ1n) is 5.53. The number of anilines is 1. The quantitative estimate of drug-likeness (QED) is 0.749. The normalized spacial score (nSPS) is 11.5. The molecule has 0 aliphatic carbocycles. The molecule has 19 heavy (non-hydrogen) atoms. The van der Waals surface area contributed by atoms with E-state index in [0.717, 1.165) is 8.45 Å². The average molecular weight is 408 g/mol. The second-order valence-corrected chi connectivity index (χ2v) is 7.64. The van der Waals surface area contributed by atoms with E-state index in [4.69, 9.17) is 0 Å². The molecule has 0 saturated heterocycles. The Labute approximate surface area is 130 Å². The maximum atomic E-state index is 12.4. The van der Waals surface area contributed by atoms with Crippen LogP contribution in [0.4, 0.5) is 5.69 Å². The molecule has 0 spiro atoms. The Kier molecular flexibility index (Phi) is 4.82. The van der Waals surface area contributed by atoms with Gasteiger partial charge < -0.3 is 5.32 Å². The summed E-state index contributed by atoms with van der Waals surface area (Å²) < 4.78 is 28.3. The van der Waals surface area contributed by atoms with Crippen LogP contribution in [0.5, 0.6) is 0 Å². The van der Waals surface area contributed by atoms with Crippen LogP contribution in [0.15, 0.2) is 40.6 Å². The highest BCUT2D eigenvalue weighted by Crippen LogP contribution is 2.26. The SMILES string of the molecule is CNCc1sccc1S(=O)(=O)Nc1ccccc1I. The number of thiophene rings is 1. The predicted octanol–water partition coefficient (Wildman–Crippen LogP) is 2.87. The molecule has 4 nitrogen and oxygen atoms in total. The lowest BCUT2D eigenvalue weighted by Gasteiger charge is -2.10. The molecule has 0 radical (unpaired) electrons. The van der Waals surface area contributed by atoms with Crippen molar-refractivity contribution in [3.63, 3.8) is 0 Å². The number of rotatable bonds is 5. The second-order valence-electron chi connectivity index (χ2n) is 3.82. The number of para-hydroxylation sites is 1. The third-order valence-electron chi connectivity index (χ3n) is 2.45. The summed E-state index contributed by atoms with van der Waals surface area (Å²) in [6.45, 7) is 0.541. The maximum absolute atomic E-state index is 12.4. The zero-order valence-corrected chi connectivity index (χ0v) is 14.0. The molecule has 1 heterocycles. The first-order chi connectivity index (χ1) is 9.04. The Morgan fingerprint density at radius 2 is 2.00 bits per heavy atom. The largest absolute Gasteiger partial charge is 0.315 e. The van der Waals surface area contributed by atoms with Gasteiger partial charge in [0.15, 0.2) is 0 Å². The minimum atomic E-state index is -3.53. The molecule has 0 aliphatic rings. The molecule has 0 unspecified atom stereocenters. The number of benzene rings is 1. The Bertz CT molecular complexity index is 668. The fourth-order valence-electron chi connectivity index (χ4n) is 1.60. The number of halogens is 1. The highest BCUT2D eigenvalue weighted by Gasteiger charge is 2.20. The minimum absolute atomic E-state index is 0.339. The van der Waals surface area contributed by atoms with E-state index in [9.17, 15) is 8.42 Å². The molecule has 0 atom stereocenters. The Morgan fingerprint density at radius 3 is 2.68 bits per heavy atom. The molecule has 102 valence electrons. The smallest absolute Gasteiger partial charge is 0.263 e. The topological polar surface area (TPSA) is 58.2 Å². The first kappa shape index (κ1) is 14.8. The van der Waals surface area contributed by atoms with Crippen molar-refractivity contribution in [3.05, 3.63) is 44.2 Å². The zero-order chi connectivity index (χ0) is 13.9. The summed E-state index contributed by atoms with van der Waals surface area (Å²) in [5.41, 5.74) is 0.602. The zero-order valence-electron chi connectivity index (χ0n) is 10.2. The lowest BCUT2D eigenvalue weighted by Crippen LogP contribution is -2.16. The van der Waals surface area contributed by atoms with Crippen molar-refractivity contribution in [3.8, 4) is 0 Å². The van der Waals surface area contributed by atoms with Gasteiger partial charge in [-0.2, -0.15) is 0 Å². The standard InChI is InChI=1S/C12H13IN2O2S2/c1-14-8-11-12(6-7-18-11)19(16,17)15-10-5-3-2-4-9(10)13/h2-7,14-15H,8H2,1H3. The van der Waals surface area contributed by atoms with Gasteiger partial charge in [0.2, 0.25) is 0 Å². The minimum Gasteiger partial charge on any atom is -0.315 e. The van der Waals surface area contributed by atoms with Gasteiger partial charge in [0.25, 0.3) is 10.0 Å². The van der Waals surface area contributed by atoms with Crippen LogP contribution in [0.3, 0.4) is 0 Å². The molecule has 2 aromatic rings. The van der Waals surface area contributed by atoms with Gasteiger partial charge in [-0.05, 0) is 53.2 Å². The van der Waals surface area contributed by atoms with Gasteiger partial charge in [0.05, 0.1) is 5.69 Å². The average Bonchev–Trinajstić information content (AvgIpc) is 2.81. The first-order valence-corrected chi connectivity index (χ1v) is 8.97. The Balaban J connectivity index is 2.33. The van der Waals surface area contributed by atoms with E-state index < -0.39 is 10.0 Å². The summed E-state index contributed by atoms with van der Waals surface area (Å²) in [6, 6.07) is 8.93. The van der Waals surface area contributed by atoms with E-state index in [2.05, 4.69) is 32.6 Å². The van der Waals surface area contributed by atoms with Crippen molar-refractivity contribution in [2.45, 2.75) is 11.4 Å². The van der Waals surface area contributed by atoms with Gasteiger partial charge in [-0.3, -0.25) is 4.72 Å². The Morgan fingerprint density at radius 1 is 1.26 bits per heavy atom. The van der Waals surface area contributed by atoms with Gasteiger partial charge in [-0.1, -0.05) is 12.1 Å². The van der Waals surface area contributed by atoms with Crippen LogP contribution < -0.4 is 10.0 Å². The molecular formula is C12H13IN2O2S2. The van der Waals surface area contributed by atoms with Crippen LogP contribution in [0.1, 0.15) is 4.88 Å². The van der Waals surface area contributed by atoms with Crippen LogP contribution in [-0.2, 0) is 16.6 Å². The third-order valence-corrected chi connectivity index (χ3v) is 5.89. The number of sulfonamides is 1. The van der Waals surface area contributed by atoms with Crippen molar-refractivity contribution < 1.29 is 8.42 Å². The van der Waals surface area contributed by atoms with E-state index in [1.165, 1.54) is 11.3 Å². The molecule has 1 aromatic carbocycles. The second kappa shape index (κ2) is 6.21. The van der Waals surface area contributed by atoms with Crippen molar-refractivity contribution in [2.24, 2.45) is 0 Å². The van der Waals surface area contributed by atoms with Gasteiger partial charge >= 0.3 is 0 Å². The van der Waals surface area contributed by atoms with E-state index in [1.54, 1.807) is 24.6 Å². The van der Waals surface area contributed by atoms with Crippen LogP contribution >= 0.6 is 33.9 Å². The highest BCUT2D eigenvalue weighted by atomic mass is 127. The lowest BCUT2D eigenvalue weighted by molar-refractivity contribution is 0.600. The number of hydrogen-bond donors (Lipinski definition) is 2. The molecular weight excluding hydrogens is 395 g/mol. The predicted molar refractivity (Wildman–Crippen MR) is 87.1 cm³/mol. The summed E-state index contributed by atoms with van der Waals surface area (Å²) in [5.74, 6) is 0. The van der Waals surface area contributed by atoms with Crippen molar-refractivity contribution in [2.75, 3.05) is 11.8 Å². The number of nitrogens with one attached hydrogen (secondary N) is 2. The summed E-state index contributed by atoms with van der Waals surface area (Å²) in [5, 5.41) is 4.76. The van der Waals surface area contributed by atoms with E-state index in [1.807, 2.05) is 18.2 Å². The fourth-order valence-corrected chi connectivity index (χ4v) is 4.84. The van der Waals surface area contributed by atoms with Crippen LogP contribution in [0.2, 0.25) is 0 Å². The van der Waals surface area contributed by atoms with Crippen LogP contribution in [-0.4, -0.2) is 15.5 Å². The lowest BCUT2D eigenvalue weighted by atomic mass is 10.3. The molecule has 0 aliphatic heterocycles. The van der Waals surface area contributed by atoms with Crippen molar-refractivity contribution in [1.29, 1.82) is 0 Å². The molecule has 1 aromatic heterocycles. The van der Waals surface area contributed by atoms with Gasteiger partial charge in [-0.15, -0.1) is 11.3 Å². The molecule has 0 fully saturated rings. The maximum Gasteiger partial charge on any atom is 0.263 e. The summed E-state index contributed by atoms with van der Waals surface area (Å²) >= 11 is 3.54. The fraction of sp³-hybridized carbons (Fsp3) is 0.167. The summed E-state index contributed by atoms with van der Waals surface area (Å²) in [4.78, 5) is 1.15. The van der Waals surface area contributed by atoms with Gasteiger partial charge in [0.1, 0.15) is 4.90 Å². The monoisotopic (exact) mass is 408 g/mol. The highest BCUT2D eigenvalue weighted by molar-refractivity contribution is 14.1. The van der Waals surface area contributed by atoms with Crippen molar-refractivity contribution in [1.82, 2.24) is 5.32 Å². The molecule has 7 heteroatoms. The number of hydrogen-bond acceptors (Lipinski definition) is 4. The molecule has 0 amide bonds. The molecule has 0 bridgehead atoms. The summed E-state index contributed by atoms with van der Waals surface area (Å²) in [6.07, 6.45) is 0. The molecule has 0 saturated carbocycles. The van der Waals surface area contributed by atoms with Crippen molar-refractivity contribution >= 4 is 49.6 Å². The van der Waals surface area contributed by atoms with E-state index >= 15 is 0 Å². The molecule has 2 N–H and O–H groups in total. The van der Waals surface area contributed by atoms with Gasteiger partial charge in [-0.25, -0.2) is 8.42 Å². The summed E-state index contributed by atoms with van der Waals surface area (Å²) in [7, 11) is -1.73. The van der Waals surface area contributed by atoms with Crippen LogP contribution in [0, 0.1) is 3.57 Å². The van der Waals surface area contributed by atoms with E-state index in [0.29, 0.717) is 17.1 Å². The molecule has 2 rings (SSSR count). The van der Waals surface area contributed by atoms with Gasteiger partial charge in [0, 0.05) is 15.0 Å². The third kappa shape index (κ3) is 3.47. The van der Waals surface area contributed by atoms with Crippen LogP contribution in [0.25, 0.3) is 0 Å².